The van der Waals surface area contributed by atoms with Crippen molar-refractivity contribution in [3.8, 4) is 0 Å². The summed E-state index contributed by atoms with van der Waals surface area (Å²) in [6.07, 6.45) is 9.59. The highest BCUT2D eigenvalue weighted by Crippen LogP contribution is 2.48. The predicted molar refractivity (Wildman–Crippen MR) is 84.1 cm³/mol. The molecule has 2 saturated carbocycles. The van der Waals surface area contributed by atoms with Gasteiger partial charge in [-0.05, 0) is 55.3 Å². The van der Waals surface area contributed by atoms with Crippen molar-refractivity contribution < 1.29 is 14.7 Å². The zero-order valence-electron chi connectivity index (χ0n) is 13.5. The minimum atomic E-state index is -0.823. The summed E-state index contributed by atoms with van der Waals surface area (Å²) in [5.74, 6) is -1.04. The first-order valence-corrected chi connectivity index (χ1v) is 8.56. The molecule has 0 aromatic heterocycles. The first kappa shape index (κ1) is 15.6. The lowest BCUT2D eigenvalue weighted by Gasteiger charge is -2.34. The van der Waals surface area contributed by atoms with Gasteiger partial charge in [-0.15, -0.1) is 0 Å². The number of carboxylic acid groups (broad SMARTS) is 1. The van der Waals surface area contributed by atoms with Crippen LogP contribution in [0.1, 0.15) is 46.0 Å². The van der Waals surface area contributed by atoms with Crippen molar-refractivity contribution in [2.75, 3.05) is 6.54 Å². The van der Waals surface area contributed by atoms with Crippen LogP contribution in [0.3, 0.4) is 0 Å². The molecule has 1 amide bonds. The molecule has 0 heterocycles. The van der Waals surface area contributed by atoms with Crippen LogP contribution in [0.15, 0.2) is 12.2 Å². The third-order valence-corrected chi connectivity index (χ3v) is 6.07. The van der Waals surface area contributed by atoms with Crippen LogP contribution in [0, 0.1) is 35.0 Å². The summed E-state index contributed by atoms with van der Waals surface area (Å²) in [4.78, 5) is 24.0. The molecular formula is C18H27NO3. The number of carboxylic acids is 1. The monoisotopic (exact) mass is 305 g/mol. The third-order valence-electron chi connectivity index (χ3n) is 6.07. The van der Waals surface area contributed by atoms with Gasteiger partial charge in [0.25, 0.3) is 0 Å². The number of fused-ring (bicyclic) bond motifs is 2. The normalized spacial score (nSPS) is 36.5. The van der Waals surface area contributed by atoms with Crippen molar-refractivity contribution in [2.24, 2.45) is 35.0 Å². The molecule has 2 N–H and O–H groups in total. The summed E-state index contributed by atoms with van der Waals surface area (Å²) in [6, 6.07) is 0. The Labute approximate surface area is 132 Å². The highest BCUT2D eigenvalue weighted by Gasteiger charge is 2.51. The Morgan fingerprint density at radius 1 is 1.14 bits per heavy atom. The van der Waals surface area contributed by atoms with E-state index in [1.54, 1.807) is 0 Å². The third kappa shape index (κ3) is 2.92. The summed E-state index contributed by atoms with van der Waals surface area (Å²) < 4.78 is 0. The van der Waals surface area contributed by atoms with Gasteiger partial charge in [0.05, 0.1) is 11.8 Å². The van der Waals surface area contributed by atoms with Gasteiger partial charge < -0.3 is 10.4 Å². The molecular weight excluding hydrogens is 278 g/mol. The van der Waals surface area contributed by atoms with Gasteiger partial charge in [0, 0.05) is 6.54 Å². The first-order chi connectivity index (χ1) is 10.4. The molecule has 0 radical (unpaired) electrons. The molecule has 2 fully saturated rings. The second-order valence-electron chi connectivity index (χ2n) is 8.19. The summed E-state index contributed by atoms with van der Waals surface area (Å²) in [7, 11) is 0. The van der Waals surface area contributed by atoms with Crippen molar-refractivity contribution in [2.45, 2.75) is 46.0 Å². The molecule has 0 spiro atoms. The fraction of sp³-hybridized carbons (Fsp3) is 0.778. The van der Waals surface area contributed by atoms with Crippen LogP contribution in [0.5, 0.6) is 0 Å². The van der Waals surface area contributed by atoms with Crippen molar-refractivity contribution in [3.05, 3.63) is 12.2 Å². The van der Waals surface area contributed by atoms with Crippen LogP contribution in [0.25, 0.3) is 0 Å². The second kappa shape index (κ2) is 5.71. The van der Waals surface area contributed by atoms with Crippen molar-refractivity contribution in [1.29, 1.82) is 0 Å². The molecule has 4 nitrogen and oxygen atoms in total. The molecule has 2 bridgehead atoms. The molecule has 3 aliphatic carbocycles. The lowest BCUT2D eigenvalue weighted by molar-refractivity contribution is -0.147. The molecule has 122 valence electrons. The molecule has 0 saturated heterocycles. The number of allylic oxidation sites excluding steroid dienone is 2. The number of hydrogen-bond donors (Lipinski definition) is 2. The van der Waals surface area contributed by atoms with Gasteiger partial charge in [-0.1, -0.05) is 26.0 Å². The van der Waals surface area contributed by atoms with E-state index in [4.69, 9.17) is 0 Å². The standard InChI is InChI=1S/C18H27NO3/c1-18(2)7-5-11(6-8-18)10-19-16(20)14-12-3-4-13(9-12)15(14)17(21)22/h3-4,11-15H,5-10H2,1-2H3,(H,19,20)(H,21,22). The topological polar surface area (TPSA) is 66.4 Å². The quantitative estimate of drug-likeness (QED) is 0.785. The fourth-order valence-corrected chi connectivity index (χ4v) is 4.54. The molecule has 3 aliphatic rings. The lowest BCUT2D eigenvalue weighted by Crippen LogP contribution is -2.42. The number of carbonyl (C=O) groups is 2. The van der Waals surface area contributed by atoms with E-state index in [1.807, 2.05) is 12.2 Å². The smallest absolute Gasteiger partial charge is 0.307 e. The summed E-state index contributed by atoms with van der Waals surface area (Å²) in [5.41, 5.74) is 0.435. The first-order valence-electron chi connectivity index (χ1n) is 8.56. The van der Waals surface area contributed by atoms with Crippen molar-refractivity contribution in [1.82, 2.24) is 5.32 Å². The molecule has 22 heavy (non-hydrogen) atoms. The molecule has 4 heteroatoms. The van der Waals surface area contributed by atoms with E-state index in [1.165, 1.54) is 12.8 Å². The Hall–Kier alpha value is -1.32. The number of amides is 1. The van der Waals surface area contributed by atoms with Gasteiger partial charge in [-0.3, -0.25) is 9.59 Å². The van der Waals surface area contributed by atoms with Crippen LogP contribution in [0.4, 0.5) is 0 Å². The highest BCUT2D eigenvalue weighted by molar-refractivity contribution is 5.86. The van der Waals surface area contributed by atoms with Crippen LogP contribution in [-0.4, -0.2) is 23.5 Å². The second-order valence-corrected chi connectivity index (χ2v) is 8.19. The largest absolute Gasteiger partial charge is 0.481 e. The molecule has 3 rings (SSSR count). The molecule has 4 unspecified atom stereocenters. The van der Waals surface area contributed by atoms with E-state index in [2.05, 4.69) is 19.2 Å². The van der Waals surface area contributed by atoms with Gasteiger partial charge in [0.1, 0.15) is 0 Å². The van der Waals surface area contributed by atoms with E-state index in [9.17, 15) is 14.7 Å². The average Bonchev–Trinajstić information content (AvgIpc) is 3.06. The Morgan fingerprint density at radius 3 is 2.32 bits per heavy atom. The number of hydrogen-bond acceptors (Lipinski definition) is 2. The number of nitrogens with one attached hydrogen (secondary N) is 1. The lowest BCUT2D eigenvalue weighted by atomic mass is 9.73. The van der Waals surface area contributed by atoms with Crippen LogP contribution in [-0.2, 0) is 9.59 Å². The number of carbonyl (C=O) groups excluding carboxylic acids is 1. The molecule has 0 aliphatic heterocycles. The molecule has 0 aromatic carbocycles. The maximum atomic E-state index is 12.5. The minimum Gasteiger partial charge on any atom is -0.481 e. The Kier molecular flexibility index (Phi) is 4.04. The van der Waals surface area contributed by atoms with Crippen molar-refractivity contribution in [3.63, 3.8) is 0 Å². The zero-order chi connectivity index (χ0) is 15.9. The highest BCUT2D eigenvalue weighted by atomic mass is 16.4. The van der Waals surface area contributed by atoms with Gasteiger partial charge >= 0.3 is 5.97 Å². The molecule has 0 aromatic rings. The average molecular weight is 305 g/mol. The van der Waals surface area contributed by atoms with E-state index in [0.717, 1.165) is 19.3 Å². The molecule has 4 atom stereocenters. The van der Waals surface area contributed by atoms with Gasteiger partial charge in [-0.25, -0.2) is 0 Å². The van der Waals surface area contributed by atoms with Crippen LogP contribution < -0.4 is 5.32 Å². The summed E-state index contributed by atoms with van der Waals surface area (Å²) in [5, 5.41) is 12.5. The number of aliphatic carboxylic acids is 1. The van der Waals surface area contributed by atoms with E-state index in [-0.39, 0.29) is 23.7 Å². The minimum absolute atomic E-state index is 0.0471. The van der Waals surface area contributed by atoms with E-state index < -0.39 is 11.9 Å². The Bertz CT molecular complexity index is 487. The van der Waals surface area contributed by atoms with Gasteiger partial charge in [-0.2, -0.15) is 0 Å². The zero-order valence-corrected chi connectivity index (χ0v) is 13.5. The Balaban J connectivity index is 1.54. The SMILES string of the molecule is CC1(C)CCC(CNC(=O)C2C3C=CC(C3)C2C(=O)O)CC1. The summed E-state index contributed by atoms with van der Waals surface area (Å²) >= 11 is 0. The van der Waals surface area contributed by atoms with Crippen molar-refractivity contribution >= 4 is 11.9 Å². The van der Waals surface area contributed by atoms with Gasteiger partial charge in [0.2, 0.25) is 5.91 Å². The van der Waals surface area contributed by atoms with E-state index >= 15 is 0 Å². The predicted octanol–water partition coefficient (Wildman–Crippen LogP) is 2.84. The fourth-order valence-electron chi connectivity index (χ4n) is 4.54. The summed E-state index contributed by atoms with van der Waals surface area (Å²) in [6.45, 7) is 5.32. The van der Waals surface area contributed by atoms with Crippen LogP contribution in [0.2, 0.25) is 0 Å². The van der Waals surface area contributed by atoms with E-state index in [0.29, 0.717) is 17.9 Å². The Morgan fingerprint density at radius 2 is 1.73 bits per heavy atom. The van der Waals surface area contributed by atoms with Gasteiger partial charge in [0.15, 0.2) is 0 Å². The maximum Gasteiger partial charge on any atom is 0.307 e. The maximum absolute atomic E-state index is 12.5. The number of rotatable bonds is 4. The van der Waals surface area contributed by atoms with Crippen LogP contribution >= 0.6 is 0 Å².